The molecule has 0 aliphatic carbocycles. The summed E-state index contributed by atoms with van der Waals surface area (Å²) in [5, 5.41) is 5.50. The molecule has 4 heteroatoms. The Hall–Kier alpha value is -2.22. The maximum absolute atomic E-state index is 2.35. The summed E-state index contributed by atoms with van der Waals surface area (Å²) in [5.74, 6) is 0.573. The summed E-state index contributed by atoms with van der Waals surface area (Å²) in [4.78, 5) is 0. The van der Waals surface area contributed by atoms with Crippen LogP contribution in [0.15, 0.2) is 103 Å². The first-order chi connectivity index (χ1) is 23.2. The van der Waals surface area contributed by atoms with Gasteiger partial charge in [-0.3, -0.25) is 0 Å². The minimum absolute atomic E-state index is 0. The van der Waals surface area contributed by atoms with Crippen molar-refractivity contribution in [2.75, 3.05) is 0 Å². The molecule has 0 unspecified atom stereocenters. The molecule has 0 amide bonds. The van der Waals surface area contributed by atoms with E-state index in [0.29, 0.717) is 5.92 Å². The Morgan fingerprint density at radius 2 is 1.04 bits per heavy atom. The minimum Gasteiger partial charge on any atom is -1.00 e. The Kier molecular flexibility index (Phi) is 16.3. The van der Waals surface area contributed by atoms with E-state index in [2.05, 4.69) is 199 Å². The molecule has 6 aromatic rings. The Bertz CT molecular complexity index is 2050. The number of hydrogen-bond acceptors (Lipinski definition) is 0. The molecule has 52 heavy (non-hydrogen) atoms. The van der Waals surface area contributed by atoms with E-state index in [1.165, 1.54) is 71.6 Å². The summed E-state index contributed by atoms with van der Waals surface area (Å²) < 4.78 is 0. The average molecular weight is 827 g/mol. The van der Waals surface area contributed by atoms with E-state index in [9.17, 15) is 0 Å². The molecule has 0 bridgehead atoms. The number of aryl methyl sites for hydroxylation is 1. The van der Waals surface area contributed by atoms with E-state index >= 15 is 0 Å². The molecule has 0 saturated heterocycles. The summed E-state index contributed by atoms with van der Waals surface area (Å²) in [6.07, 6.45) is 0. The Morgan fingerprint density at radius 3 is 1.46 bits per heavy atom. The van der Waals surface area contributed by atoms with Crippen LogP contribution >= 0.6 is 0 Å². The Morgan fingerprint density at radius 1 is 0.577 bits per heavy atom. The maximum Gasteiger partial charge on any atom is -0.0132 e. The Labute approximate surface area is 344 Å². The number of fused-ring (bicyclic) bond motifs is 2. The first-order valence-electron chi connectivity index (χ1n) is 18.3. The van der Waals surface area contributed by atoms with Crippen molar-refractivity contribution in [3.63, 3.8) is 0 Å². The van der Waals surface area contributed by atoms with Crippen LogP contribution in [0.2, 0.25) is 13.1 Å². The van der Waals surface area contributed by atoms with E-state index in [-0.39, 0.29) is 46.5 Å². The predicted molar refractivity (Wildman–Crippen MR) is 222 cm³/mol. The molecule has 0 atom stereocenters. The molecule has 0 fully saturated rings. The molecule has 0 nitrogen and oxygen atoms in total. The van der Waals surface area contributed by atoms with Gasteiger partial charge in [-0.25, -0.2) is 0 Å². The predicted octanol–water partition coefficient (Wildman–Crippen LogP) is 8.57. The van der Waals surface area contributed by atoms with E-state index < -0.39 is 0 Å². The van der Waals surface area contributed by atoms with Crippen LogP contribution in [0.1, 0.15) is 110 Å². The van der Waals surface area contributed by atoms with Gasteiger partial charge in [-0.15, -0.1) is 68.6 Å². The van der Waals surface area contributed by atoms with Crippen molar-refractivity contribution in [3.8, 4) is 22.3 Å². The topological polar surface area (TPSA) is 0 Å². The van der Waals surface area contributed by atoms with E-state index in [1.807, 2.05) is 0 Å². The smallest absolute Gasteiger partial charge is 0.0132 e. The van der Waals surface area contributed by atoms with Crippen molar-refractivity contribution in [3.05, 3.63) is 131 Å². The molecule has 0 aliphatic rings. The van der Waals surface area contributed by atoms with E-state index in [1.54, 1.807) is 23.3 Å². The van der Waals surface area contributed by atoms with Crippen LogP contribution in [-0.4, -0.2) is 5.43 Å². The fraction of sp³-hybridized carbons (Fsp3) is 0.375. The molecule has 276 valence electrons. The fourth-order valence-corrected chi connectivity index (χ4v) is 6.49. The first kappa shape index (κ1) is 45.9. The quantitative estimate of drug-likeness (QED) is 0.124. The van der Waals surface area contributed by atoms with Gasteiger partial charge in [0.15, 0.2) is 0 Å². The van der Waals surface area contributed by atoms with Gasteiger partial charge in [0.2, 0.25) is 0 Å². The zero-order valence-corrected chi connectivity index (χ0v) is 39.1. The van der Waals surface area contributed by atoms with Crippen molar-refractivity contribution >= 4 is 27.0 Å². The minimum atomic E-state index is 0. The third kappa shape index (κ3) is 11.6. The second-order valence-corrected chi connectivity index (χ2v) is 27.1. The van der Waals surface area contributed by atoms with Gasteiger partial charge < -0.3 is 24.8 Å². The molecule has 0 radical (unpaired) electrons. The standard InChI is InChI=1S/C24H29.C22H25.C2H6Si.2ClH.Zr/c1-16-14-20-19(12-13-22(21(20)15-16)24(5,6)7)17-8-10-18(11-9-17)23(2,3)4;1-15(2)18-13-17-7-6-8-20(21(17)14-18)16-9-11-19(12-10-16)22(3,4)5;1-3-2;;;/h8-15H,1-7H3;6-15H,1-5H3;1-2H3;2*1H;/q2*-1;;;;+2/p-2. The van der Waals surface area contributed by atoms with Crippen LogP contribution in [0.5, 0.6) is 0 Å². The third-order valence-corrected chi connectivity index (χ3v) is 9.40. The van der Waals surface area contributed by atoms with Crippen LogP contribution < -0.4 is 24.8 Å². The van der Waals surface area contributed by atoms with Gasteiger partial charge in [0.25, 0.3) is 0 Å². The van der Waals surface area contributed by atoms with Crippen LogP contribution in [0.25, 0.3) is 43.8 Å². The SMILES string of the molecule is CC(C)c1cc2c(-c3ccc(C(C)(C)C)cc3)cccc2[cH-]1.C[Si](C)=[Zr+2].Cc1cc2c(-c3ccc(C(C)(C)C)cc3)ccc(C(C)(C)C)c2[cH-]1.[Cl-].[Cl-]. The molecule has 0 heterocycles. The summed E-state index contributed by atoms with van der Waals surface area (Å²) in [7, 11) is 0. The molecule has 0 N–H and O–H groups in total. The number of halogens is 2. The van der Waals surface area contributed by atoms with Crippen LogP contribution in [0.3, 0.4) is 0 Å². The van der Waals surface area contributed by atoms with E-state index in [4.69, 9.17) is 0 Å². The van der Waals surface area contributed by atoms with Crippen LogP contribution in [-0.2, 0) is 39.6 Å². The molecular formula is C48H60Cl2SiZr-2. The molecule has 0 aromatic heterocycles. The summed E-state index contributed by atoms with van der Waals surface area (Å²) >= 11 is 1.74. The maximum atomic E-state index is 2.35. The van der Waals surface area contributed by atoms with Crippen molar-refractivity contribution in [1.29, 1.82) is 0 Å². The molecule has 0 saturated carbocycles. The number of rotatable bonds is 3. The molecule has 0 spiro atoms. The summed E-state index contributed by atoms with van der Waals surface area (Å²) in [6, 6.07) is 38.7. The molecule has 0 aliphatic heterocycles. The summed E-state index contributed by atoms with van der Waals surface area (Å²) in [6.45, 7) is 31.8. The van der Waals surface area contributed by atoms with Crippen molar-refractivity contribution in [2.45, 2.75) is 118 Å². The van der Waals surface area contributed by atoms with Crippen molar-refractivity contribution < 1.29 is 48.1 Å². The molecule has 6 rings (SSSR count). The van der Waals surface area contributed by atoms with Crippen molar-refractivity contribution in [1.82, 2.24) is 0 Å². The first-order valence-corrected chi connectivity index (χ1v) is 24.5. The van der Waals surface area contributed by atoms with Gasteiger partial charge in [-0.2, -0.15) is 12.1 Å². The number of hydrogen-bond donors (Lipinski definition) is 0. The monoisotopic (exact) mass is 824 g/mol. The Balaban J connectivity index is 0.000000316. The molecule has 6 aromatic carbocycles. The van der Waals surface area contributed by atoms with Gasteiger partial charge in [0.05, 0.1) is 0 Å². The summed E-state index contributed by atoms with van der Waals surface area (Å²) in [5.41, 5.74) is 13.0. The van der Waals surface area contributed by atoms with E-state index in [0.717, 1.165) is 0 Å². The van der Waals surface area contributed by atoms with Gasteiger partial charge in [0, 0.05) is 0 Å². The second kappa shape index (κ2) is 18.4. The van der Waals surface area contributed by atoms with Gasteiger partial charge in [-0.1, -0.05) is 155 Å². The van der Waals surface area contributed by atoms with Crippen LogP contribution in [0.4, 0.5) is 0 Å². The van der Waals surface area contributed by atoms with Crippen LogP contribution in [0, 0.1) is 6.92 Å². The normalized spacial score (nSPS) is 11.6. The number of benzene rings is 4. The van der Waals surface area contributed by atoms with Gasteiger partial charge in [-0.05, 0) is 44.4 Å². The third-order valence-electron chi connectivity index (χ3n) is 9.40. The zero-order chi connectivity index (χ0) is 37.2. The fourth-order valence-electron chi connectivity index (χ4n) is 6.49. The molecular weight excluding hydrogens is 767 g/mol. The van der Waals surface area contributed by atoms with Gasteiger partial charge >= 0.3 is 41.9 Å². The second-order valence-electron chi connectivity index (χ2n) is 17.7. The van der Waals surface area contributed by atoms with Crippen molar-refractivity contribution in [2.24, 2.45) is 0 Å². The van der Waals surface area contributed by atoms with Gasteiger partial charge in [0.1, 0.15) is 0 Å². The zero-order valence-electron chi connectivity index (χ0n) is 34.1. The average Bonchev–Trinajstić information content (AvgIpc) is 3.63. The largest absolute Gasteiger partial charge is 1.00 e.